The van der Waals surface area contributed by atoms with Gasteiger partial charge in [-0.05, 0) is 36.6 Å². The van der Waals surface area contributed by atoms with E-state index in [9.17, 15) is 9.59 Å². The number of unbranched alkanes of at least 4 members (excludes halogenated alkanes) is 1. The molecule has 1 aliphatic heterocycles. The summed E-state index contributed by atoms with van der Waals surface area (Å²) in [6.07, 6.45) is 4.85. The molecule has 1 N–H and O–H groups in total. The average molecular weight is 393 g/mol. The van der Waals surface area contributed by atoms with Crippen LogP contribution in [0.4, 0.5) is 0 Å². The Hall–Kier alpha value is -1.86. The number of carbonyl (C=O) groups is 2. The first-order chi connectivity index (χ1) is 12.5. The summed E-state index contributed by atoms with van der Waals surface area (Å²) in [5.74, 6) is 0.660. The van der Waals surface area contributed by atoms with Crippen molar-refractivity contribution in [3.63, 3.8) is 0 Å². The molecule has 0 saturated carbocycles. The monoisotopic (exact) mass is 392 g/mol. The molecule has 1 fully saturated rings. The lowest BCUT2D eigenvalue weighted by Gasteiger charge is -2.14. The summed E-state index contributed by atoms with van der Waals surface area (Å²) < 4.78 is 5.74. The second-order valence-corrected chi connectivity index (χ2v) is 7.59. The maximum atomic E-state index is 12.6. The zero-order valence-electron chi connectivity index (χ0n) is 15.1. The van der Waals surface area contributed by atoms with E-state index in [0.717, 1.165) is 24.2 Å². The van der Waals surface area contributed by atoms with Gasteiger partial charge in [-0.1, -0.05) is 49.5 Å². The van der Waals surface area contributed by atoms with Gasteiger partial charge in [0.1, 0.15) is 10.1 Å². The molecule has 26 heavy (non-hydrogen) atoms. The Kier molecular flexibility index (Phi) is 8.12. The van der Waals surface area contributed by atoms with Crippen molar-refractivity contribution in [2.24, 2.45) is 0 Å². The number of thioether (sulfide) groups is 1. The van der Waals surface area contributed by atoms with Gasteiger partial charge < -0.3 is 10.1 Å². The van der Waals surface area contributed by atoms with Crippen LogP contribution < -0.4 is 10.1 Å². The molecular formula is C19H24N2O3S2. The zero-order valence-corrected chi connectivity index (χ0v) is 16.8. The highest BCUT2D eigenvalue weighted by atomic mass is 32.2. The molecular weight excluding hydrogens is 368 g/mol. The lowest BCUT2D eigenvalue weighted by molar-refractivity contribution is -0.124. The normalized spacial score (nSPS) is 15.6. The first kappa shape index (κ1) is 20.5. The molecule has 1 aromatic carbocycles. The smallest absolute Gasteiger partial charge is 0.266 e. The van der Waals surface area contributed by atoms with Gasteiger partial charge in [-0.15, -0.1) is 0 Å². The Morgan fingerprint density at radius 2 is 2.19 bits per heavy atom. The van der Waals surface area contributed by atoms with Gasteiger partial charge in [-0.2, -0.15) is 0 Å². The Labute approximate surface area is 164 Å². The fourth-order valence-corrected chi connectivity index (χ4v) is 3.77. The number of hydrogen-bond acceptors (Lipinski definition) is 5. The van der Waals surface area contributed by atoms with Crippen molar-refractivity contribution in [3.05, 3.63) is 34.7 Å². The van der Waals surface area contributed by atoms with Crippen molar-refractivity contribution in [1.29, 1.82) is 0 Å². The molecule has 1 aromatic rings. The van der Waals surface area contributed by atoms with E-state index in [1.165, 1.54) is 11.8 Å². The summed E-state index contributed by atoms with van der Waals surface area (Å²) in [5.41, 5.74) is 0.889. The van der Waals surface area contributed by atoms with E-state index in [1.54, 1.807) is 12.0 Å². The third kappa shape index (κ3) is 5.85. The van der Waals surface area contributed by atoms with Gasteiger partial charge in [0.25, 0.3) is 5.91 Å². The summed E-state index contributed by atoms with van der Waals surface area (Å²) in [7, 11) is 1.61. The SMILES string of the molecule is CCCCNC(=O)CCCN1C(=O)C(=Cc2cccc(OC)c2)SC1=S. The minimum absolute atomic E-state index is 0.0239. The summed E-state index contributed by atoms with van der Waals surface area (Å²) in [4.78, 5) is 26.5. The minimum atomic E-state index is -0.103. The molecule has 5 nitrogen and oxygen atoms in total. The van der Waals surface area contributed by atoms with Crippen LogP contribution in [0.2, 0.25) is 0 Å². The molecule has 0 aliphatic carbocycles. The summed E-state index contributed by atoms with van der Waals surface area (Å²) in [6, 6.07) is 7.51. The Morgan fingerprint density at radius 1 is 1.38 bits per heavy atom. The van der Waals surface area contributed by atoms with Crippen molar-refractivity contribution in [1.82, 2.24) is 10.2 Å². The van der Waals surface area contributed by atoms with Crippen LogP contribution in [0.3, 0.4) is 0 Å². The van der Waals surface area contributed by atoms with Crippen molar-refractivity contribution in [2.75, 3.05) is 20.2 Å². The van der Waals surface area contributed by atoms with Gasteiger partial charge in [0.05, 0.1) is 12.0 Å². The quantitative estimate of drug-likeness (QED) is 0.395. The standard InChI is InChI=1S/C19H24N2O3S2/c1-3-4-10-20-17(22)9-6-11-21-18(23)16(26-19(21)25)13-14-7-5-8-15(12-14)24-2/h5,7-8,12-13H,3-4,6,9-11H2,1-2H3,(H,20,22). The van der Waals surface area contributed by atoms with E-state index >= 15 is 0 Å². The number of amides is 2. The molecule has 140 valence electrons. The second kappa shape index (κ2) is 10.3. The average Bonchev–Trinajstić information content (AvgIpc) is 2.89. The molecule has 0 spiro atoms. The largest absolute Gasteiger partial charge is 0.497 e. The van der Waals surface area contributed by atoms with E-state index in [4.69, 9.17) is 17.0 Å². The predicted molar refractivity (Wildman–Crippen MR) is 110 cm³/mol. The molecule has 0 radical (unpaired) electrons. The number of rotatable bonds is 9. The highest BCUT2D eigenvalue weighted by molar-refractivity contribution is 8.26. The van der Waals surface area contributed by atoms with E-state index in [2.05, 4.69) is 12.2 Å². The van der Waals surface area contributed by atoms with E-state index in [-0.39, 0.29) is 11.8 Å². The van der Waals surface area contributed by atoms with Crippen molar-refractivity contribution < 1.29 is 14.3 Å². The highest BCUT2D eigenvalue weighted by Gasteiger charge is 2.31. The van der Waals surface area contributed by atoms with E-state index in [1.807, 2.05) is 30.3 Å². The van der Waals surface area contributed by atoms with Crippen molar-refractivity contribution in [3.8, 4) is 5.75 Å². The fourth-order valence-electron chi connectivity index (χ4n) is 2.47. The zero-order chi connectivity index (χ0) is 18.9. The van der Waals surface area contributed by atoms with Gasteiger partial charge in [-0.3, -0.25) is 14.5 Å². The maximum Gasteiger partial charge on any atom is 0.266 e. The third-order valence-corrected chi connectivity index (χ3v) is 5.28. The van der Waals surface area contributed by atoms with Crippen molar-refractivity contribution in [2.45, 2.75) is 32.6 Å². The van der Waals surface area contributed by atoms with Gasteiger partial charge >= 0.3 is 0 Å². The molecule has 2 rings (SSSR count). The molecule has 0 bridgehead atoms. The first-order valence-corrected chi connectivity index (χ1v) is 9.93. The number of methoxy groups -OCH3 is 1. The van der Waals surface area contributed by atoms with Gasteiger partial charge in [0, 0.05) is 19.5 Å². The topological polar surface area (TPSA) is 58.6 Å². The third-order valence-electron chi connectivity index (χ3n) is 3.90. The number of ether oxygens (including phenoxy) is 1. The first-order valence-electron chi connectivity index (χ1n) is 8.71. The Bertz CT molecular complexity index is 704. The van der Waals surface area contributed by atoms with Crippen molar-refractivity contribution >= 4 is 46.2 Å². The van der Waals surface area contributed by atoms with Crippen LogP contribution in [0.5, 0.6) is 5.75 Å². The fraction of sp³-hybridized carbons (Fsp3) is 0.421. The van der Waals surface area contributed by atoms with Gasteiger partial charge in [-0.25, -0.2) is 0 Å². The summed E-state index contributed by atoms with van der Waals surface area (Å²) >= 11 is 6.62. The molecule has 1 heterocycles. The molecule has 0 atom stereocenters. The number of thiocarbonyl (C=S) groups is 1. The molecule has 0 unspecified atom stereocenters. The highest BCUT2D eigenvalue weighted by Crippen LogP contribution is 2.33. The van der Waals surface area contributed by atoms with Gasteiger partial charge in [0.15, 0.2) is 0 Å². The Balaban J connectivity index is 1.89. The number of benzene rings is 1. The summed E-state index contributed by atoms with van der Waals surface area (Å²) in [6.45, 7) is 3.25. The second-order valence-electron chi connectivity index (χ2n) is 5.92. The van der Waals surface area contributed by atoms with Crippen LogP contribution in [0, 0.1) is 0 Å². The van der Waals surface area contributed by atoms with Crippen LogP contribution in [0.25, 0.3) is 6.08 Å². The number of hydrogen-bond donors (Lipinski definition) is 1. The van der Waals surface area contributed by atoms with Gasteiger partial charge in [0.2, 0.25) is 5.91 Å². The molecule has 0 aromatic heterocycles. The Morgan fingerprint density at radius 3 is 2.92 bits per heavy atom. The summed E-state index contributed by atoms with van der Waals surface area (Å²) in [5, 5.41) is 2.88. The van der Waals surface area contributed by atoms with Crippen LogP contribution in [0.1, 0.15) is 38.2 Å². The maximum absolute atomic E-state index is 12.6. The van der Waals surface area contributed by atoms with Crippen LogP contribution in [-0.2, 0) is 9.59 Å². The number of carbonyl (C=O) groups excluding carboxylic acids is 2. The lowest BCUT2D eigenvalue weighted by Crippen LogP contribution is -2.30. The molecule has 2 amide bonds. The predicted octanol–water partition coefficient (Wildman–Crippen LogP) is 3.59. The number of nitrogens with zero attached hydrogens (tertiary/aromatic N) is 1. The molecule has 1 saturated heterocycles. The van der Waals surface area contributed by atoms with E-state index < -0.39 is 0 Å². The van der Waals surface area contributed by atoms with E-state index in [0.29, 0.717) is 35.2 Å². The molecule has 1 aliphatic rings. The molecule has 7 heteroatoms. The number of nitrogens with one attached hydrogen (secondary N) is 1. The lowest BCUT2D eigenvalue weighted by atomic mass is 10.2. The van der Waals surface area contributed by atoms with Crippen LogP contribution >= 0.6 is 24.0 Å². The van der Waals surface area contributed by atoms with Crippen LogP contribution in [0.15, 0.2) is 29.2 Å². The van der Waals surface area contributed by atoms with Crippen LogP contribution in [-0.4, -0.2) is 41.2 Å². The minimum Gasteiger partial charge on any atom is -0.497 e.